The molecule has 0 spiro atoms. The van der Waals surface area contributed by atoms with E-state index < -0.39 is 0 Å². The maximum absolute atomic E-state index is 5.81. The zero-order valence-electron chi connectivity index (χ0n) is 12.3. The topological polar surface area (TPSA) is 25.2 Å². The van der Waals surface area contributed by atoms with Gasteiger partial charge in [0.05, 0.1) is 12.3 Å². The van der Waals surface area contributed by atoms with Crippen LogP contribution in [-0.2, 0) is 18.1 Å². The van der Waals surface area contributed by atoms with Gasteiger partial charge in [-0.2, -0.15) is 0 Å². The van der Waals surface area contributed by atoms with Crippen LogP contribution in [0.25, 0.3) is 0 Å². The molecule has 0 bridgehead atoms. The van der Waals surface area contributed by atoms with Crippen LogP contribution in [0.1, 0.15) is 36.0 Å². The summed E-state index contributed by atoms with van der Waals surface area (Å²) < 4.78 is 5.81. The molecule has 0 saturated heterocycles. The Hall–Kier alpha value is -1.19. The Balaban J connectivity index is 1.74. The van der Waals surface area contributed by atoms with Crippen molar-refractivity contribution in [1.29, 1.82) is 0 Å². The van der Waals surface area contributed by atoms with E-state index in [1.165, 1.54) is 11.1 Å². The Morgan fingerprint density at radius 2 is 1.95 bits per heavy atom. The molecule has 108 valence electrons. The van der Waals surface area contributed by atoms with Crippen LogP contribution in [0, 0.1) is 6.92 Å². The number of benzene rings is 1. The monoisotopic (exact) mass is 289 g/mol. The fraction of sp³-hybridized carbons (Fsp3) is 0.412. The van der Waals surface area contributed by atoms with Crippen LogP contribution in [0.2, 0.25) is 0 Å². The van der Waals surface area contributed by atoms with Gasteiger partial charge in [-0.25, -0.2) is 0 Å². The van der Waals surface area contributed by atoms with E-state index in [0.717, 1.165) is 42.5 Å². The van der Waals surface area contributed by atoms with Crippen molar-refractivity contribution in [3.05, 3.63) is 59.0 Å². The molecule has 0 fully saturated rings. The summed E-state index contributed by atoms with van der Waals surface area (Å²) in [6, 6.07) is 12.8. The first kappa shape index (κ1) is 15.2. The highest BCUT2D eigenvalue weighted by Crippen LogP contribution is 2.20. The van der Waals surface area contributed by atoms with E-state index in [9.17, 15) is 0 Å². The molecule has 0 radical (unpaired) electrons. The van der Waals surface area contributed by atoms with Gasteiger partial charge in [-0.1, -0.05) is 36.8 Å². The Labute approximate surface area is 126 Å². The first-order valence-corrected chi connectivity index (χ1v) is 8.35. The first-order chi connectivity index (χ1) is 9.78. The molecule has 0 aliphatic heterocycles. The molecular formula is C17H23NOS. The Bertz CT molecular complexity index is 521. The standard InChI is InChI=1S/C17H23NOS/c1-3-9-18-11-16-7-8-17(19-16)13-20-12-15-6-4-5-14(2)10-15/h4-8,10,18H,3,9,11-13H2,1-2H3. The van der Waals surface area contributed by atoms with Gasteiger partial charge in [0, 0.05) is 5.75 Å². The number of hydrogen-bond donors (Lipinski definition) is 1. The SMILES string of the molecule is CCCNCc1ccc(CSCc2cccc(C)c2)o1. The summed E-state index contributed by atoms with van der Waals surface area (Å²) in [4.78, 5) is 0. The van der Waals surface area contributed by atoms with Crippen LogP contribution < -0.4 is 5.32 Å². The van der Waals surface area contributed by atoms with Crippen LogP contribution in [0.15, 0.2) is 40.8 Å². The zero-order valence-corrected chi connectivity index (χ0v) is 13.1. The maximum atomic E-state index is 5.81. The summed E-state index contributed by atoms with van der Waals surface area (Å²) in [6.45, 7) is 6.17. The van der Waals surface area contributed by atoms with Crippen LogP contribution in [0.3, 0.4) is 0 Å². The molecule has 2 nitrogen and oxygen atoms in total. The summed E-state index contributed by atoms with van der Waals surface area (Å²) >= 11 is 1.90. The second-order valence-corrected chi connectivity index (χ2v) is 6.01. The van der Waals surface area contributed by atoms with Gasteiger partial charge in [-0.3, -0.25) is 0 Å². The van der Waals surface area contributed by atoms with Crippen molar-refractivity contribution in [1.82, 2.24) is 5.32 Å². The third-order valence-electron chi connectivity index (χ3n) is 3.04. The highest BCUT2D eigenvalue weighted by atomic mass is 32.2. The molecule has 0 saturated carbocycles. The number of aryl methyl sites for hydroxylation is 1. The molecule has 1 aromatic carbocycles. The van der Waals surface area contributed by atoms with Crippen LogP contribution >= 0.6 is 11.8 Å². The van der Waals surface area contributed by atoms with Gasteiger partial charge in [0.15, 0.2) is 0 Å². The molecule has 0 amide bonds. The number of thioether (sulfide) groups is 1. The van der Waals surface area contributed by atoms with Gasteiger partial charge < -0.3 is 9.73 Å². The number of rotatable bonds is 8. The quantitative estimate of drug-likeness (QED) is 0.723. The van der Waals surface area contributed by atoms with Gasteiger partial charge in [-0.15, -0.1) is 11.8 Å². The minimum atomic E-state index is 0.830. The fourth-order valence-electron chi connectivity index (χ4n) is 2.05. The minimum absolute atomic E-state index is 0.830. The molecule has 0 aliphatic carbocycles. The molecule has 2 rings (SSSR count). The van der Waals surface area contributed by atoms with Crippen molar-refractivity contribution < 1.29 is 4.42 Å². The van der Waals surface area contributed by atoms with E-state index in [-0.39, 0.29) is 0 Å². The average Bonchev–Trinajstić information content (AvgIpc) is 2.87. The van der Waals surface area contributed by atoms with Crippen LogP contribution in [0.5, 0.6) is 0 Å². The molecule has 0 aliphatic rings. The summed E-state index contributed by atoms with van der Waals surface area (Å²) in [5.41, 5.74) is 2.71. The summed E-state index contributed by atoms with van der Waals surface area (Å²) in [5.74, 6) is 4.06. The van der Waals surface area contributed by atoms with E-state index in [2.05, 4.69) is 55.6 Å². The molecular weight excluding hydrogens is 266 g/mol. The van der Waals surface area contributed by atoms with Gasteiger partial charge >= 0.3 is 0 Å². The van der Waals surface area contributed by atoms with E-state index in [1.54, 1.807) is 0 Å². The molecule has 0 atom stereocenters. The van der Waals surface area contributed by atoms with Crippen molar-refractivity contribution >= 4 is 11.8 Å². The maximum Gasteiger partial charge on any atom is 0.117 e. The van der Waals surface area contributed by atoms with E-state index >= 15 is 0 Å². The predicted octanol–water partition coefficient (Wildman–Crippen LogP) is 4.52. The van der Waals surface area contributed by atoms with Crippen LogP contribution in [0.4, 0.5) is 0 Å². The number of furan rings is 1. The second kappa shape index (κ2) is 8.18. The fourth-order valence-corrected chi connectivity index (χ4v) is 2.93. The normalized spacial score (nSPS) is 10.9. The van der Waals surface area contributed by atoms with E-state index in [1.807, 2.05) is 11.8 Å². The van der Waals surface area contributed by atoms with Gasteiger partial charge in [-0.05, 0) is 37.6 Å². The average molecular weight is 289 g/mol. The second-order valence-electron chi connectivity index (χ2n) is 5.03. The molecule has 1 aromatic heterocycles. The van der Waals surface area contributed by atoms with Crippen molar-refractivity contribution in [2.45, 2.75) is 38.3 Å². The molecule has 3 heteroatoms. The van der Waals surface area contributed by atoms with Crippen molar-refractivity contribution in [3.63, 3.8) is 0 Å². The Morgan fingerprint density at radius 1 is 1.10 bits per heavy atom. The van der Waals surface area contributed by atoms with E-state index in [0.29, 0.717) is 0 Å². The summed E-state index contributed by atoms with van der Waals surface area (Å²) in [6.07, 6.45) is 1.15. The summed E-state index contributed by atoms with van der Waals surface area (Å²) in [5, 5.41) is 3.35. The number of nitrogens with one attached hydrogen (secondary N) is 1. The minimum Gasteiger partial charge on any atom is -0.464 e. The van der Waals surface area contributed by atoms with Crippen LogP contribution in [-0.4, -0.2) is 6.54 Å². The molecule has 2 aromatic rings. The predicted molar refractivity (Wildman–Crippen MR) is 86.9 cm³/mol. The van der Waals surface area contributed by atoms with Crippen molar-refractivity contribution in [3.8, 4) is 0 Å². The molecule has 20 heavy (non-hydrogen) atoms. The number of hydrogen-bond acceptors (Lipinski definition) is 3. The largest absolute Gasteiger partial charge is 0.464 e. The lowest BCUT2D eigenvalue weighted by Crippen LogP contribution is -2.12. The Morgan fingerprint density at radius 3 is 2.75 bits per heavy atom. The summed E-state index contributed by atoms with van der Waals surface area (Å²) in [7, 11) is 0. The molecule has 1 N–H and O–H groups in total. The highest BCUT2D eigenvalue weighted by molar-refractivity contribution is 7.97. The van der Waals surface area contributed by atoms with E-state index in [4.69, 9.17) is 4.42 Å². The first-order valence-electron chi connectivity index (χ1n) is 7.19. The highest BCUT2D eigenvalue weighted by Gasteiger charge is 2.02. The lowest BCUT2D eigenvalue weighted by atomic mass is 10.2. The molecule has 1 heterocycles. The smallest absolute Gasteiger partial charge is 0.117 e. The molecule has 0 unspecified atom stereocenters. The Kier molecular flexibility index (Phi) is 6.22. The van der Waals surface area contributed by atoms with Crippen molar-refractivity contribution in [2.75, 3.05) is 6.54 Å². The zero-order chi connectivity index (χ0) is 14.2. The van der Waals surface area contributed by atoms with Gasteiger partial charge in [0.25, 0.3) is 0 Å². The lowest BCUT2D eigenvalue weighted by Gasteiger charge is -2.02. The van der Waals surface area contributed by atoms with Gasteiger partial charge in [0.2, 0.25) is 0 Å². The van der Waals surface area contributed by atoms with Gasteiger partial charge in [0.1, 0.15) is 11.5 Å². The van der Waals surface area contributed by atoms with Crippen molar-refractivity contribution in [2.24, 2.45) is 0 Å². The third-order valence-corrected chi connectivity index (χ3v) is 4.06. The third kappa shape index (κ3) is 5.06. The lowest BCUT2D eigenvalue weighted by molar-refractivity contribution is 0.459.